The second-order valence-electron chi connectivity index (χ2n) is 6.09. The van der Waals surface area contributed by atoms with Gasteiger partial charge in [0.2, 0.25) is 0 Å². The van der Waals surface area contributed by atoms with Gasteiger partial charge in [-0.1, -0.05) is 34.6 Å². The second kappa shape index (κ2) is 6.55. The molecule has 0 aliphatic heterocycles. The van der Waals surface area contributed by atoms with Gasteiger partial charge in [-0.3, -0.25) is 0 Å². The Labute approximate surface area is 111 Å². The van der Waals surface area contributed by atoms with E-state index in [1.165, 1.54) is 12.0 Å². The van der Waals surface area contributed by atoms with Crippen LogP contribution >= 0.6 is 11.3 Å². The molecule has 2 heteroatoms. The van der Waals surface area contributed by atoms with E-state index in [1.807, 2.05) is 0 Å². The molecule has 2 unspecified atom stereocenters. The molecule has 1 N–H and O–H groups in total. The normalized spacial score (nSPS) is 15.8. The van der Waals surface area contributed by atoms with Crippen molar-refractivity contribution in [1.29, 1.82) is 0 Å². The van der Waals surface area contributed by atoms with Gasteiger partial charge in [0.1, 0.15) is 0 Å². The molecule has 0 aliphatic rings. The first-order valence-electron chi connectivity index (χ1n) is 6.68. The molecule has 0 saturated carbocycles. The Morgan fingerprint density at radius 3 is 2.53 bits per heavy atom. The predicted molar refractivity (Wildman–Crippen MR) is 78.7 cm³/mol. The van der Waals surface area contributed by atoms with Crippen LogP contribution in [-0.2, 0) is 6.42 Å². The van der Waals surface area contributed by atoms with Crippen molar-refractivity contribution in [3.63, 3.8) is 0 Å². The maximum absolute atomic E-state index is 3.63. The molecule has 1 aromatic rings. The first-order valence-corrected chi connectivity index (χ1v) is 7.62. The molecular formula is C15H27NS. The third-order valence-corrected chi connectivity index (χ3v) is 4.40. The van der Waals surface area contributed by atoms with Crippen LogP contribution in [0.5, 0.6) is 0 Å². The van der Waals surface area contributed by atoms with Crippen LogP contribution in [-0.4, -0.2) is 12.6 Å². The van der Waals surface area contributed by atoms with E-state index < -0.39 is 0 Å². The Bertz CT molecular complexity index is 297. The maximum Gasteiger partial charge on any atom is 0.0110 e. The first-order chi connectivity index (χ1) is 7.93. The van der Waals surface area contributed by atoms with Crippen LogP contribution in [0.2, 0.25) is 0 Å². The average molecular weight is 253 g/mol. The molecule has 0 aliphatic carbocycles. The molecule has 0 fully saturated rings. The Morgan fingerprint density at radius 2 is 2.06 bits per heavy atom. The topological polar surface area (TPSA) is 12.0 Å². The van der Waals surface area contributed by atoms with Crippen LogP contribution < -0.4 is 5.32 Å². The third kappa shape index (κ3) is 5.22. The van der Waals surface area contributed by atoms with Crippen LogP contribution in [0.3, 0.4) is 0 Å². The molecule has 0 aromatic carbocycles. The Balaban J connectivity index is 2.54. The molecule has 1 heterocycles. The minimum atomic E-state index is 0.405. The second-order valence-corrected chi connectivity index (χ2v) is 6.87. The molecule has 0 saturated heterocycles. The van der Waals surface area contributed by atoms with E-state index in [1.54, 1.807) is 11.3 Å². The van der Waals surface area contributed by atoms with Crippen LogP contribution in [0.1, 0.15) is 46.6 Å². The fourth-order valence-electron chi connectivity index (χ4n) is 2.00. The summed E-state index contributed by atoms with van der Waals surface area (Å²) < 4.78 is 0. The summed E-state index contributed by atoms with van der Waals surface area (Å²) in [7, 11) is 0. The van der Waals surface area contributed by atoms with Crippen LogP contribution in [0, 0.1) is 11.3 Å². The molecule has 98 valence electrons. The van der Waals surface area contributed by atoms with E-state index in [2.05, 4.69) is 56.8 Å². The number of thiophene rings is 1. The highest BCUT2D eigenvalue weighted by Gasteiger charge is 2.23. The largest absolute Gasteiger partial charge is 0.314 e. The molecule has 1 aromatic heterocycles. The lowest BCUT2D eigenvalue weighted by atomic mass is 9.78. The lowest BCUT2D eigenvalue weighted by Crippen LogP contribution is -2.35. The van der Waals surface area contributed by atoms with Crippen molar-refractivity contribution in [2.75, 3.05) is 6.54 Å². The molecular weight excluding hydrogens is 226 g/mol. The van der Waals surface area contributed by atoms with E-state index >= 15 is 0 Å². The fraction of sp³-hybridized carbons (Fsp3) is 0.733. The zero-order valence-corrected chi connectivity index (χ0v) is 12.7. The Hall–Kier alpha value is -0.340. The highest BCUT2D eigenvalue weighted by atomic mass is 32.1. The molecule has 0 bridgehead atoms. The molecule has 1 nitrogen and oxygen atoms in total. The Kier molecular flexibility index (Phi) is 5.68. The SMILES string of the molecule is CCNC(Cc1ccsc1)CC(C)C(C)(C)C. The summed E-state index contributed by atoms with van der Waals surface area (Å²) in [4.78, 5) is 0. The van der Waals surface area contributed by atoms with E-state index in [9.17, 15) is 0 Å². The van der Waals surface area contributed by atoms with Gasteiger partial charge in [0, 0.05) is 6.04 Å². The Morgan fingerprint density at radius 1 is 1.35 bits per heavy atom. The van der Waals surface area contributed by atoms with Gasteiger partial charge < -0.3 is 5.32 Å². The smallest absolute Gasteiger partial charge is 0.0110 e. The molecule has 2 atom stereocenters. The number of hydrogen-bond acceptors (Lipinski definition) is 2. The number of likely N-dealkylation sites (N-methyl/N-ethyl adjacent to an activating group) is 1. The van der Waals surface area contributed by atoms with Gasteiger partial charge in [-0.15, -0.1) is 0 Å². The summed E-state index contributed by atoms with van der Waals surface area (Å²) in [6.07, 6.45) is 2.42. The van der Waals surface area contributed by atoms with Gasteiger partial charge in [0.25, 0.3) is 0 Å². The molecule has 17 heavy (non-hydrogen) atoms. The van der Waals surface area contributed by atoms with Gasteiger partial charge >= 0.3 is 0 Å². The molecule has 0 spiro atoms. The highest BCUT2D eigenvalue weighted by Crippen LogP contribution is 2.29. The van der Waals surface area contributed by atoms with Gasteiger partial charge in [-0.2, -0.15) is 11.3 Å². The number of nitrogens with one attached hydrogen (secondary N) is 1. The summed E-state index contributed by atoms with van der Waals surface area (Å²) in [6, 6.07) is 2.86. The van der Waals surface area contributed by atoms with Gasteiger partial charge in [0.15, 0.2) is 0 Å². The summed E-state index contributed by atoms with van der Waals surface area (Å²) in [6.45, 7) is 12.6. The van der Waals surface area contributed by atoms with Crippen molar-refractivity contribution in [3.8, 4) is 0 Å². The van der Waals surface area contributed by atoms with Crippen molar-refractivity contribution in [3.05, 3.63) is 22.4 Å². The molecule has 0 radical (unpaired) electrons. The molecule has 1 rings (SSSR count). The minimum absolute atomic E-state index is 0.405. The highest BCUT2D eigenvalue weighted by molar-refractivity contribution is 7.07. The maximum atomic E-state index is 3.63. The number of rotatable bonds is 6. The van der Waals surface area contributed by atoms with Gasteiger partial charge in [0.05, 0.1) is 0 Å². The van der Waals surface area contributed by atoms with E-state index in [-0.39, 0.29) is 0 Å². The van der Waals surface area contributed by atoms with Gasteiger partial charge in [-0.05, 0) is 53.1 Å². The monoisotopic (exact) mass is 253 g/mol. The van der Waals surface area contributed by atoms with Crippen molar-refractivity contribution >= 4 is 11.3 Å². The molecule has 0 amide bonds. The zero-order chi connectivity index (χ0) is 12.9. The summed E-state index contributed by atoms with van der Waals surface area (Å²) in [5.41, 5.74) is 1.88. The lowest BCUT2D eigenvalue weighted by molar-refractivity contribution is 0.222. The van der Waals surface area contributed by atoms with E-state index in [4.69, 9.17) is 0 Å². The van der Waals surface area contributed by atoms with Crippen LogP contribution in [0.4, 0.5) is 0 Å². The van der Waals surface area contributed by atoms with Crippen molar-refractivity contribution < 1.29 is 0 Å². The third-order valence-electron chi connectivity index (χ3n) is 3.67. The van der Waals surface area contributed by atoms with Crippen molar-refractivity contribution in [2.45, 2.75) is 53.5 Å². The standard InChI is InChI=1S/C15H27NS/c1-6-16-14(9-12(2)15(3,4)5)10-13-7-8-17-11-13/h7-8,11-12,14,16H,6,9-10H2,1-5H3. The predicted octanol–water partition coefficient (Wildman–Crippen LogP) is 4.34. The van der Waals surface area contributed by atoms with Crippen molar-refractivity contribution in [1.82, 2.24) is 5.32 Å². The zero-order valence-electron chi connectivity index (χ0n) is 11.9. The summed E-state index contributed by atoms with van der Waals surface area (Å²) in [5, 5.41) is 8.07. The van der Waals surface area contributed by atoms with Crippen molar-refractivity contribution in [2.24, 2.45) is 11.3 Å². The average Bonchev–Trinajstić information content (AvgIpc) is 2.69. The van der Waals surface area contributed by atoms with Crippen LogP contribution in [0.15, 0.2) is 16.8 Å². The fourth-order valence-corrected chi connectivity index (χ4v) is 2.68. The van der Waals surface area contributed by atoms with Crippen LogP contribution in [0.25, 0.3) is 0 Å². The quantitative estimate of drug-likeness (QED) is 0.795. The summed E-state index contributed by atoms with van der Waals surface area (Å²) >= 11 is 1.80. The van der Waals surface area contributed by atoms with E-state index in [0.29, 0.717) is 11.5 Å². The minimum Gasteiger partial charge on any atom is -0.314 e. The van der Waals surface area contributed by atoms with Gasteiger partial charge in [-0.25, -0.2) is 0 Å². The first kappa shape index (κ1) is 14.7. The summed E-state index contributed by atoms with van der Waals surface area (Å²) in [5.74, 6) is 0.741. The van der Waals surface area contributed by atoms with E-state index in [0.717, 1.165) is 18.9 Å². The number of hydrogen-bond donors (Lipinski definition) is 1. The lowest BCUT2D eigenvalue weighted by Gasteiger charge is -2.31.